The molecule has 1 aliphatic heterocycles. The summed E-state index contributed by atoms with van der Waals surface area (Å²) in [5.41, 5.74) is 2.15. The number of likely N-dealkylation sites (tertiary alicyclic amines) is 1. The molecule has 0 radical (unpaired) electrons. The van der Waals surface area contributed by atoms with Crippen LogP contribution in [0.4, 0.5) is 0 Å². The van der Waals surface area contributed by atoms with Gasteiger partial charge in [-0.25, -0.2) is 4.68 Å². The summed E-state index contributed by atoms with van der Waals surface area (Å²) in [6.45, 7) is 5.44. The Morgan fingerprint density at radius 2 is 2.17 bits per heavy atom. The van der Waals surface area contributed by atoms with Gasteiger partial charge in [0.2, 0.25) is 5.91 Å². The summed E-state index contributed by atoms with van der Waals surface area (Å²) in [5.74, 6) is 0.925. The summed E-state index contributed by atoms with van der Waals surface area (Å²) < 4.78 is 3.64. The Morgan fingerprint density at radius 3 is 2.83 bits per heavy atom. The third-order valence-electron chi connectivity index (χ3n) is 4.74. The highest BCUT2D eigenvalue weighted by Crippen LogP contribution is 2.33. The molecule has 0 aromatic carbocycles. The van der Waals surface area contributed by atoms with Crippen LogP contribution in [0.5, 0.6) is 0 Å². The molecule has 2 aromatic heterocycles. The average Bonchev–Trinajstić information content (AvgIpc) is 3.21. The van der Waals surface area contributed by atoms with Gasteiger partial charge in [0.1, 0.15) is 0 Å². The molecule has 130 valence electrons. The minimum atomic E-state index is -0.0262. The van der Waals surface area contributed by atoms with E-state index in [0.717, 1.165) is 30.0 Å². The van der Waals surface area contributed by atoms with E-state index >= 15 is 0 Å². The van der Waals surface area contributed by atoms with Gasteiger partial charge in [-0.3, -0.25) is 9.48 Å². The minimum absolute atomic E-state index is 0.0113. The molecule has 0 spiro atoms. The number of nitrogens with one attached hydrogen (secondary N) is 1. The van der Waals surface area contributed by atoms with Gasteiger partial charge in [-0.05, 0) is 23.8 Å². The first kappa shape index (κ1) is 16.6. The normalized spacial score (nSPS) is 21.0. The molecular formula is C15H24N8O. The summed E-state index contributed by atoms with van der Waals surface area (Å²) in [4.78, 5) is 14.0. The Kier molecular flexibility index (Phi) is 4.61. The third kappa shape index (κ3) is 2.91. The standard InChI is InChI=1S/C15H24N8O/c1-5-6-23-13(18-19-20-23)9-16-12-7-14(24)21(3)15(12)11-8-17-22(4)10(11)2/h8,12,15-16H,5-7,9H2,1-4H3/t12-,15+/m1/s1. The number of nitrogens with zero attached hydrogens (tertiary/aromatic N) is 7. The molecule has 0 aliphatic carbocycles. The molecule has 3 rings (SSSR count). The Bertz CT molecular complexity index is 721. The van der Waals surface area contributed by atoms with Crippen molar-refractivity contribution in [3.63, 3.8) is 0 Å². The van der Waals surface area contributed by atoms with Gasteiger partial charge in [-0.15, -0.1) is 5.10 Å². The third-order valence-corrected chi connectivity index (χ3v) is 4.74. The van der Waals surface area contributed by atoms with Crippen LogP contribution < -0.4 is 5.32 Å². The molecule has 1 fully saturated rings. The highest BCUT2D eigenvalue weighted by Gasteiger charge is 2.39. The molecule has 9 heteroatoms. The number of hydrogen-bond acceptors (Lipinski definition) is 6. The summed E-state index contributed by atoms with van der Waals surface area (Å²) in [6, 6.07) is -0.0149. The zero-order valence-electron chi connectivity index (χ0n) is 14.6. The van der Waals surface area contributed by atoms with Gasteiger partial charge in [-0.2, -0.15) is 5.10 Å². The topological polar surface area (TPSA) is 93.8 Å². The molecule has 1 saturated heterocycles. The largest absolute Gasteiger partial charge is 0.337 e. The van der Waals surface area contributed by atoms with E-state index in [2.05, 4.69) is 32.9 Å². The number of rotatable bonds is 6. The summed E-state index contributed by atoms with van der Waals surface area (Å²) in [7, 11) is 3.76. The second kappa shape index (κ2) is 6.68. The van der Waals surface area contributed by atoms with E-state index in [9.17, 15) is 4.79 Å². The Morgan fingerprint density at radius 1 is 1.38 bits per heavy atom. The Labute approximate surface area is 141 Å². The fourth-order valence-corrected chi connectivity index (χ4v) is 3.24. The van der Waals surface area contributed by atoms with Gasteiger partial charge in [0.05, 0.1) is 18.8 Å². The molecule has 9 nitrogen and oxygen atoms in total. The molecule has 0 bridgehead atoms. The molecule has 1 N–H and O–H groups in total. The van der Waals surface area contributed by atoms with Gasteiger partial charge in [0.15, 0.2) is 5.82 Å². The lowest BCUT2D eigenvalue weighted by atomic mass is 10.0. The van der Waals surface area contributed by atoms with Crippen LogP contribution in [-0.4, -0.2) is 53.9 Å². The van der Waals surface area contributed by atoms with E-state index in [1.807, 2.05) is 31.9 Å². The van der Waals surface area contributed by atoms with Gasteiger partial charge in [0.25, 0.3) is 0 Å². The smallest absolute Gasteiger partial charge is 0.224 e. The first-order valence-electron chi connectivity index (χ1n) is 8.25. The number of carbonyl (C=O) groups is 1. The maximum atomic E-state index is 12.2. The van der Waals surface area contributed by atoms with Gasteiger partial charge < -0.3 is 10.2 Å². The molecular weight excluding hydrogens is 308 g/mol. The fraction of sp³-hybridized carbons (Fsp3) is 0.667. The molecule has 0 saturated carbocycles. The van der Waals surface area contributed by atoms with Crippen LogP contribution in [-0.2, 0) is 24.9 Å². The first-order chi connectivity index (χ1) is 11.5. The lowest BCUT2D eigenvalue weighted by molar-refractivity contribution is -0.127. The second-order valence-electron chi connectivity index (χ2n) is 6.27. The highest BCUT2D eigenvalue weighted by molar-refractivity contribution is 5.80. The number of amides is 1. The number of aryl methyl sites for hydroxylation is 2. The van der Waals surface area contributed by atoms with Gasteiger partial charge in [-0.1, -0.05) is 6.92 Å². The fourth-order valence-electron chi connectivity index (χ4n) is 3.24. The van der Waals surface area contributed by atoms with E-state index < -0.39 is 0 Å². The van der Waals surface area contributed by atoms with Crippen molar-refractivity contribution in [2.75, 3.05) is 7.05 Å². The van der Waals surface area contributed by atoms with Crippen LogP contribution in [0.3, 0.4) is 0 Å². The summed E-state index contributed by atoms with van der Waals surface area (Å²) in [6.07, 6.45) is 3.29. The minimum Gasteiger partial charge on any atom is -0.337 e. The molecule has 2 atom stereocenters. The van der Waals surface area contributed by atoms with Crippen molar-refractivity contribution < 1.29 is 4.79 Å². The summed E-state index contributed by atoms with van der Waals surface area (Å²) in [5, 5.41) is 19.6. The van der Waals surface area contributed by atoms with Crippen molar-refractivity contribution in [3.8, 4) is 0 Å². The number of aromatic nitrogens is 6. The lowest BCUT2D eigenvalue weighted by Crippen LogP contribution is -2.35. The van der Waals surface area contributed by atoms with E-state index in [1.54, 1.807) is 9.58 Å². The van der Waals surface area contributed by atoms with Crippen molar-refractivity contribution >= 4 is 5.91 Å². The number of hydrogen-bond donors (Lipinski definition) is 1. The lowest BCUT2D eigenvalue weighted by Gasteiger charge is -2.25. The zero-order valence-corrected chi connectivity index (χ0v) is 14.6. The molecule has 0 unspecified atom stereocenters. The van der Waals surface area contributed by atoms with E-state index in [4.69, 9.17) is 0 Å². The van der Waals surface area contributed by atoms with E-state index in [1.165, 1.54) is 0 Å². The SMILES string of the molecule is CCCn1nnnc1CN[C@@H]1CC(=O)N(C)[C@H]1c1cnn(C)c1C. The van der Waals surface area contributed by atoms with Crippen molar-refractivity contribution in [2.45, 2.75) is 51.9 Å². The van der Waals surface area contributed by atoms with E-state index in [0.29, 0.717) is 13.0 Å². The van der Waals surface area contributed by atoms with Crippen molar-refractivity contribution in [1.29, 1.82) is 0 Å². The monoisotopic (exact) mass is 332 g/mol. The predicted octanol–water partition coefficient (Wildman–Crippen LogP) is 0.187. The first-order valence-corrected chi connectivity index (χ1v) is 8.25. The highest BCUT2D eigenvalue weighted by atomic mass is 16.2. The van der Waals surface area contributed by atoms with Crippen LogP contribution in [0.2, 0.25) is 0 Å². The van der Waals surface area contributed by atoms with Crippen LogP contribution >= 0.6 is 0 Å². The maximum Gasteiger partial charge on any atom is 0.224 e. The van der Waals surface area contributed by atoms with Crippen molar-refractivity contribution in [1.82, 2.24) is 40.2 Å². The number of carbonyl (C=O) groups excluding carboxylic acids is 1. The van der Waals surface area contributed by atoms with Gasteiger partial charge in [0, 0.05) is 44.4 Å². The number of tetrazole rings is 1. The Balaban J connectivity index is 1.77. The molecule has 3 heterocycles. The van der Waals surface area contributed by atoms with Crippen LogP contribution in [0.1, 0.15) is 42.9 Å². The van der Waals surface area contributed by atoms with Gasteiger partial charge >= 0.3 is 0 Å². The summed E-state index contributed by atoms with van der Waals surface area (Å²) >= 11 is 0. The molecule has 24 heavy (non-hydrogen) atoms. The van der Waals surface area contributed by atoms with Crippen molar-refractivity contribution in [2.24, 2.45) is 7.05 Å². The maximum absolute atomic E-state index is 12.2. The molecule has 1 aliphatic rings. The average molecular weight is 332 g/mol. The zero-order chi connectivity index (χ0) is 17.3. The Hall–Kier alpha value is -2.29. The predicted molar refractivity (Wildman–Crippen MR) is 86.8 cm³/mol. The van der Waals surface area contributed by atoms with Crippen molar-refractivity contribution in [3.05, 3.63) is 23.3 Å². The van der Waals surface area contributed by atoms with Crippen LogP contribution in [0, 0.1) is 6.92 Å². The molecule has 2 aromatic rings. The van der Waals surface area contributed by atoms with Crippen LogP contribution in [0.25, 0.3) is 0 Å². The quantitative estimate of drug-likeness (QED) is 0.811. The van der Waals surface area contributed by atoms with Crippen LogP contribution in [0.15, 0.2) is 6.20 Å². The second-order valence-corrected chi connectivity index (χ2v) is 6.27. The molecule has 1 amide bonds. The number of likely N-dealkylation sites (N-methyl/N-ethyl adjacent to an activating group) is 1. The van der Waals surface area contributed by atoms with E-state index in [-0.39, 0.29) is 18.0 Å².